The van der Waals surface area contributed by atoms with Crippen LogP contribution in [0, 0.1) is 6.92 Å². The van der Waals surface area contributed by atoms with Crippen LogP contribution in [0.2, 0.25) is 0 Å². The highest BCUT2D eigenvalue weighted by molar-refractivity contribution is 5.97. The van der Waals surface area contributed by atoms with Crippen LogP contribution in [0.3, 0.4) is 0 Å². The first kappa shape index (κ1) is 13.5. The molecule has 0 saturated heterocycles. The average Bonchev–Trinajstić information content (AvgIpc) is 2.60. The molecular formula is C10H18N4O3. The topological polar surface area (TPSA) is 113 Å². The summed E-state index contributed by atoms with van der Waals surface area (Å²) in [7, 11) is 1.51. The number of nitrogens with zero attached hydrogens (tertiary/aromatic N) is 1. The Morgan fingerprint density at radius 3 is 2.94 bits per heavy atom. The molecule has 0 bridgehead atoms. The van der Waals surface area contributed by atoms with Crippen molar-refractivity contribution >= 4 is 11.6 Å². The van der Waals surface area contributed by atoms with Gasteiger partial charge in [-0.25, -0.2) is 0 Å². The Morgan fingerprint density at radius 2 is 2.41 bits per heavy atom. The number of carbonyl (C=O) groups excluding carboxylic acids is 1. The average molecular weight is 242 g/mol. The number of nitrogens with two attached hydrogens (primary N) is 1. The Balaban J connectivity index is 2.38. The Morgan fingerprint density at radius 1 is 1.71 bits per heavy atom. The van der Waals surface area contributed by atoms with E-state index in [1.807, 2.05) is 0 Å². The van der Waals surface area contributed by atoms with E-state index in [0.29, 0.717) is 24.3 Å². The Hall–Kier alpha value is -1.60. The van der Waals surface area contributed by atoms with Crippen molar-refractivity contribution in [3.8, 4) is 0 Å². The van der Waals surface area contributed by atoms with Crippen molar-refractivity contribution in [2.45, 2.75) is 19.4 Å². The van der Waals surface area contributed by atoms with Crippen LogP contribution >= 0.6 is 0 Å². The van der Waals surface area contributed by atoms with Crippen LogP contribution in [0.5, 0.6) is 0 Å². The molecule has 5 N–H and O–H groups in total. The van der Waals surface area contributed by atoms with E-state index in [2.05, 4.69) is 15.5 Å². The molecule has 0 aliphatic rings. The normalized spacial score (nSPS) is 12.4. The van der Waals surface area contributed by atoms with Crippen molar-refractivity contribution in [3.63, 3.8) is 0 Å². The van der Waals surface area contributed by atoms with E-state index in [1.54, 1.807) is 6.92 Å². The number of amides is 1. The number of aromatic nitrogens is 2. The lowest BCUT2D eigenvalue weighted by atomic mass is 10.2. The van der Waals surface area contributed by atoms with Gasteiger partial charge in [0.2, 0.25) is 0 Å². The molecule has 96 valence electrons. The summed E-state index contributed by atoms with van der Waals surface area (Å²) in [6.45, 7) is 2.33. The second-order valence-electron chi connectivity index (χ2n) is 3.76. The molecule has 1 rings (SSSR count). The predicted molar refractivity (Wildman–Crippen MR) is 62.6 cm³/mol. The van der Waals surface area contributed by atoms with Crippen LogP contribution in [-0.4, -0.2) is 47.6 Å². The number of aliphatic hydroxyl groups is 1. The van der Waals surface area contributed by atoms with Gasteiger partial charge in [0, 0.05) is 13.7 Å². The van der Waals surface area contributed by atoms with Crippen molar-refractivity contribution < 1.29 is 14.6 Å². The monoisotopic (exact) mass is 242 g/mol. The fourth-order valence-corrected chi connectivity index (χ4v) is 1.32. The number of nitrogen functional groups attached to an aromatic ring is 1. The predicted octanol–water partition coefficient (Wildman–Crippen LogP) is -0.572. The van der Waals surface area contributed by atoms with E-state index in [4.69, 9.17) is 10.5 Å². The van der Waals surface area contributed by atoms with Gasteiger partial charge in [0.25, 0.3) is 5.91 Å². The van der Waals surface area contributed by atoms with Gasteiger partial charge in [-0.2, -0.15) is 5.10 Å². The van der Waals surface area contributed by atoms with Crippen LogP contribution in [0.15, 0.2) is 0 Å². The maximum absolute atomic E-state index is 11.6. The molecule has 1 heterocycles. The number of ether oxygens (including phenoxy) is 1. The van der Waals surface area contributed by atoms with E-state index >= 15 is 0 Å². The second-order valence-corrected chi connectivity index (χ2v) is 3.76. The van der Waals surface area contributed by atoms with Crippen molar-refractivity contribution in [2.75, 3.05) is 26.0 Å². The Kier molecular flexibility index (Phi) is 4.92. The zero-order valence-electron chi connectivity index (χ0n) is 9.99. The lowest BCUT2D eigenvalue weighted by Gasteiger charge is -2.09. The number of hydrogen-bond acceptors (Lipinski definition) is 5. The molecule has 1 aromatic heterocycles. The van der Waals surface area contributed by atoms with Crippen LogP contribution in [-0.2, 0) is 4.74 Å². The molecule has 7 nitrogen and oxygen atoms in total. The van der Waals surface area contributed by atoms with Gasteiger partial charge in [-0.15, -0.1) is 0 Å². The van der Waals surface area contributed by atoms with E-state index in [9.17, 15) is 9.90 Å². The third-order valence-corrected chi connectivity index (χ3v) is 2.33. The smallest absolute Gasteiger partial charge is 0.273 e. The molecule has 0 spiro atoms. The summed E-state index contributed by atoms with van der Waals surface area (Å²) in [4.78, 5) is 11.6. The Bertz CT molecular complexity index is 378. The van der Waals surface area contributed by atoms with Crippen LogP contribution < -0.4 is 11.1 Å². The number of hydrogen-bond donors (Lipinski definition) is 4. The van der Waals surface area contributed by atoms with Crippen LogP contribution in [0.25, 0.3) is 0 Å². The molecule has 0 fully saturated rings. The molecule has 1 atom stereocenters. The molecule has 0 aliphatic heterocycles. The van der Waals surface area contributed by atoms with Gasteiger partial charge in [0.15, 0.2) is 5.69 Å². The molecule has 1 amide bonds. The van der Waals surface area contributed by atoms with Crippen molar-refractivity contribution in [2.24, 2.45) is 0 Å². The second kappa shape index (κ2) is 6.21. The number of H-pyrrole nitrogens is 1. The van der Waals surface area contributed by atoms with Crippen molar-refractivity contribution in [1.29, 1.82) is 0 Å². The van der Waals surface area contributed by atoms with E-state index < -0.39 is 6.10 Å². The maximum atomic E-state index is 11.6. The standard InChI is InChI=1S/C10H18N4O3/c1-6-8(11)9(14-13-6)10(16)12-4-3-7(15)5-17-2/h7,15H,3-5,11H2,1-2H3,(H,12,16)(H,13,14). The van der Waals surface area contributed by atoms with Gasteiger partial charge in [-0.05, 0) is 13.3 Å². The number of carbonyl (C=O) groups is 1. The first-order valence-electron chi connectivity index (χ1n) is 5.32. The number of rotatable bonds is 6. The van der Waals surface area contributed by atoms with Crippen LogP contribution in [0.4, 0.5) is 5.69 Å². The zero-order chi connectivity index (χ0) is 12.8. The quantitative estimate of drug-likeness (QED) is 0.533. The number of anilines is 1. The van der Waals surface area contributed by atoms with Gasteiger partial charge in [-0.3, -0.25) is 9.89 Å². The Labute approximate surface area is 99.3 Å². The number of nitrogens with one attached hydrogen (secondary N) is 2. The SMILES string of the molecule is COCC(O)CCNC(=O)c1n[nH]c(C)c1N. The van der Waals surface area contributed by atoms with Crippen LogP contribution in [0.1, 0.15) is 22.6 Å². The molecule has 0 saturated carbocycles. The first-order valence-corrected chi connectivity index (χ1v) is 5.32. The highest BCUT2D eigenvalue weighted by Gasteiger charge is 2.15. The van der Waals surface area contributed by atoms with Gasteiger partial charge >= 0.3 is 0 Å². The summed E-state index contributed by atoms with van der Waals surface area (Å²) in [5, 5.41) is 18.4. The van der Waals surface area contributed by atoms with E-state index in [-0.39, 0.29) is 18.2 Å². The lowest BCUT2D eigenvalue weighted by molar-refractivity contribution is 0.0587. The fraction of sp³-hybridized carbons (Fsp3) is 0.600. The van der Waals surface area contributed by atoms with Crippen molar-refractivity contribution in [1.82, 2.24) is 15.5 Å². The third kappa shape index (κ3) is 3.72. The van der Waals surface area contributed by atoms with Gasteiger partial charge in [-0.1, -0.05) is 0 Å². The highest BCUT2D eigenvalue weighted by atomic mass is 16.5. The number of aliphatic hydroxyl groups excluding tert-OH is 1. The first-order chi connectivity index (χ1) is 8.06. The minimum atomic E-state index is -0.585. The molecular weight excluding hydrogens is 224 g/mol. The van der Waals surface area contributed by atoms with Gasteiger partial charge in [0.1, 0.15) is 0 Å². The van der Waals surface area contributed by atoms with Gasteiger partial charge in [0.05, 0.1) is 24.1 Å². The number of aryl methyl sites for hydroxylation is 1. The summed E-state index contributed by atoms with van der Waals surface area (Å²) in [5.74, 6) is -0.350. The van der Waals surface area contributed by atoms with E-state index in [0.717, 1.165) is 0 Å². The summed E-state index contributed by atoms with van der Waals surface area (Å²) in [5.41, 5.74) is 6.85. The van der Waals surface area contributed by atoms with Crippen molar-refractivity contribution in [3.05, 3.63) is 11.4 Å². The number of methoxy groups -OCH3 is 1. The zero-order valence-corrected chi connectivity index (χ0v) is 9.99. The fourth-order valence-electron chi connectivity index (χ4n) is 1.32. The van der Waals surface area contributed by atoms with Gasteiger partial charge < -0.3 is 20.9 Å². The molecule has 0 aliphatic carbocycles. The van der Waals surface area contributed by atoms with E-state index in [1.165, 1.54) is 7.11 Å². The lowest BCUT2D eigenvalue weighted by Crippen LogP contribution is -2.29. The summed E-state index contributed by atoms with van der Waals surface area (Å²) in [6.07, 6.45) is -0.165. The minimum Gasteiger partial charge on any atom is -0.395 e. The summed E-state index contributed by atoms with van der Waals surface area (Å²) < 4.78 is 4.77. The summed E-state index contributed by atoms with van der Waals surface area (Å²) >= 11 is 0. The maximum Gasteiger partial charge on any atom is 0.273 e. The molecule has 1 aromatic rings. The molecule has 7 heteroatoms. The largest absolute Gasteiger partial charge is 0.395 e. The molecule has 1 unspecified atom stereocenters. The molecule has 0 radical (unpaired) electrons. The minimum absolute atomic E-state index is 0.184. The third-order valence-electron chi connectivity index (χ3n) is 2.33. The molecule has 0 aromatic carbocycles. The number of aromatic amines is 1. The molecule has 17 heavy (non-hydrogen) atoms. The highest BCUT2D eigenvalue weighted by Crippen LogP contribution is 2.11. The summed E-state index contributed by atoms with van der Waals surface area (Å²) in [6, 6.07) is 0.